The second-order valence-electron chi connectivity index (χ2n) is 8.26. The molecule has 0 saturated carbocycles. The second kappa shape index (κ2) is 8.43. The van der Waals surface area contributed by atoms with Gasteiger partial charge in [-0.2, -0.15) is 0 Å². The van der Waals surface area contributed by atoms with Crippen LogP contribution in [0.2, 0.25) is 5.02 Å². The summed E-state index contributed by atoms with van der Waals surface area (Å²) in [6.07, 6.45) is 3.16. The summed E-state index contributed by atoms with van der Waals surface area (Å²) in [7, 11) is 0. The van der Waals surface area contributed by atoms with Gasteiger partial charge in [0, 0.05) is 30.2 Å². The van der Waals surface area contributed by atoms with E-state index in [4.69, 9.17) is 21.1 Å². The van der Waals surface area contributed by atoms with E-state index in [9.17, 15) is 9.59 Å². The normalized spacial score (nSPS) is 17.3. The average Bonchev–Trinajstić information content (AvgIpc) is 2.64. The number of fused-ring (bicyclic) bond motifs is 1. The number of likely N-dealkylation sites (tertiary alicyclic amines) is 1. The first-order valence-electron chi connectivity index (χ1n) is 9.60. The molecule has 0 aromatic heterocycles. The van der Waals surface area contributed by atoms with Gasteiger partial charge in [0.15, 0.2) is 0 Å². The maximum Gasteiger partial charge on any atom is 0.407 e. The molecule has 2 aliphatic heterocycles. The van der Waals surface area contributed by atoms with Gasteiger partial charge >= 0.3 is 6.09 Å². The third-order valence-corrected chi connectivity index (χ3v) is 5.03. The minimum Gasteiger partial charge on any atom is -0.488 e. The molecule has 0 bridgehead atoms. The van der Waals surface area contributed by atoms with Crippen molar-refractivity contribution in [1.29, 1.82) is 0 Å². The number of carbonyl (C=O) groups is 2. The number of hydrogen-bond acceptors (Lipinski definition) is 4. The summed E-state index contributed by atoms with van der Waals surface area (Å²) in [6, 6.07) is 5.40. The fourth-order valence-electron chi connectivity index (χ4n) is 3.36. The van der Waals surface area contributed by atoms with Crippen LogP contribution in [0.15, 0.2) is 23.8 Å². The van der Waals surface area contributed by atoms with Crippen molar-refractivity contribution in [1.82, 2.24) is 10.2 Å². The molecule has 152 valence electrons. The molecule has 6 nitrogen and oxygen atoms in total. The maximum absolute atomic E-state index is 12.8. The number of alkyl carbamates (subject to hydrolysis) is 1. The van der Waals surface area contributed by atoms with Crippen LogP contribution in [0.5, 0.6) is 5.75 Å². The van der Waals surface area contributed by atoms with Gasteiger partial charge in [-0.25, -0.2) is 4.79 Å². The van der Waals surface area contributed by atoms with E-state index in [-0.39, 0.29) is 12.5 Å². The number of nitrogens with one attached hydrogen (secondary N) is 1. The Morgan fingerprint density at radius 1 is 1.29 bits per heavy atom. The van der Waals surface area contributed by atoms with Crippen molar-refractivity contribution in [3.8, 4) is 5.75 Å². The number of halogens is 1. The van der Waals surface area contributed by atoms with Gasteiger partial charge in [-0.15, -0.1) is 0 Å². The van der Waals surface area contributed by atoms with Crippen LogP contribution >= 0.6 is 11.6 Å². The molecule has 0 aliphatic carbocycles. The molecule has 2 amide bonds. The van der Waals surface area contributed by atoms with Gasteiger partial charge in [0.2, 0.25) is 0 Å². The van der Waals surface area contributed by atoms with E-state index in [1.165, 1.54) is 0 Å². The smallest absolute Gasteiger partial charge is 0.407 e. The highest BCUT2D eigenvalue weighted by Crippen LogP contribution is 2.30. The molecule has 1 saturated heterocycles. The Morgan fingerprint density at radius 2 is 2.00 bits per heavy atom. The molecular weight excluding hydrogens is 380 g/mol. The molecule has 7 heteroatoms. The van der Waals surface area contributed by atoms with E-state index in [1.54, 1.807) is 12.1 Å². The van der Waals surface area contributed by atoms with E-state index in [1.807, 2.05) is 37.8 Å². The highest BCUT2D eigenvalue weighted by Gasteiger charge is 2.27. The highest BCUT2D eigenvalue weighted by molar-refractivity contribution is 6.30. The van der Waals surface area contributed by atoms with E-state index in [0.29, 0.717) is 36.1 Å². The molecular formula is C21H27ClN2O4. The first-order chi connectivity index (χ1) is 13.2. The fourth-order valence-corrected chi connectivity index (χ4v) is 3.54. The lowest BCUT2D eigenvalue weighted by molar-refractivity contribution is -0.128. The number of ether oxygens (including phenoxy) is 2. The highest BCUT2D eigenvalue weighted by atomic mass is 35.5. The van der Waals surface area contributed by atoms with E-state index in [2.05, 4.69) is 5.32 Å². The number of hydrogen-bond donors (Lipinski definition) is 1. The number of amides is 2. The average molecular weight is 407 g/mol. The zero-order valence-corrected chi connectivity index (χ0v) is 17.3. The van der Waals surface area contributed by atoms with Crippen molar-refractivity contribution in [2.24, 2.45) is 5.92 Å². The molecule has 0 spiro atoms. The van der Waals surface area contributed by atoms with Crippen LogP contribution in [0.3, 0.4) is 0 Å². The molecule has 0 unspecified atom stereocenters. The number of nitrogens with zero attached hydrogens (tertiary/aromatic N) is 1. The minimum atomic E-state index is -0.501. The van der Waals surface area contributed by atoms with Crippen LogP contribution in [0.25, 0.3) is 6.08 Å². The number of rotatable bonds is 3. The molecule has 2 aliphatic rings. The fraction of sp³-hybridized carbons (Fsp3) is 0.524. The van der Waals surface area contributed by atoms with Crippen molar-refractivity contribution in [3.63, 3.8) is 0 Å². The summed E-state index contributed by atoms with van der Waals surface area (Å²) in [5.41, 5.74) is 0.969. The predicted octanol–water partition coefficient (Wildman–Crippen LogP) is 3.88. The largest absolute Gasteiger partial charge is 0.488 e. The lowest BCUT2D eigenvalue weighted by Gasteiger charge is -2.33. The topological polar surface area (TPSA) is 67.9 Å². The van der Waals surface area contributed by atoms with Gasteiger partial charge in [0.1, 0.15) is 18.0 Å². The Balaban J connectivity index is 1.50. The first kappa shape index (κ1) is 20.5. The van der Waals surface area contributed by atoms with Gasteiger partial charge in [0.05, 0.1) is 5.57 Å². The molecule has 0 atom stereocenters. The van der Waals surface area contributed by atoms with Gasteiger partial charge in [0.25, 0.3) is 5.91 Å². The summed E-state index contributed by atoms with van der Waals surface area (Å²) in [4.78, 5) is 26.5. The maximum atomic E-state index is 12.8. The van der Waals surface area contributed by atoms with Crippen LogP contribution < -0.4 is 10.1 Å². The summed E-state index contributed by atoms with van der Waals surface area (Å²) in [6.45, 7) is 7.69. The molecule has 2 heterocycles. The number of carbonyl (C=O) groups excluding carboxylic acids is 2. The molecule has 0 radical (unpaired) electrons. The summed E-state index contributed by atoms with van der Waals surface area (Å²) < 4.78 is 11.0. The lowest BCUT2D eigenvalue weighted by Crippen LogP contribution is -2.43. The van der Waals surface area contributed by atoms with Crippen LogP contribution in [-0.4, -0.2) is 48.7 Å². The van der Waals surface area contributed by atoms with E-state index in [0.717, 1.165) is 24.2 Å². The van der Waals surface area contributed by atoms with Crippen LogP contribution in [0, 0.1) is 5.92 Å². The Morgan fingerprint density at radius 3 is 2.68 bits per heavy atom. The molecule has 1 N–H and O–H groups in total. The van der Waals surface area contributed by atoms with Crippen molar-refractivity contribution >= 4 is 29.7 Å². The zero-order chi connectivity index (χ0) is 20.3. The molecule has 1 aromatic carbocycles. The third kappa shape index (κ3) is 5.41. The second-order valence-corrected chi connectivity index (χ2v) is 8.70. The molecule has 28 heavy (non-hydrogen) atoms. The van der Waals surface area contributed by atoms with Gasteiger partial charge < -0.3 is 19.7 Å². The molecule has 1 fully saturated rings. The van der Waals surface area contributed by atoms with Crippen molar-refractivity contribution < 1.29 is 19.1 Å². The predicted molar refractivity (Wildman–Crippen MR) is 108 cm³/mol. The van der Waals surface area contributed by atoms with Crippen molar-refractivity contribution in [3.05, 3.63) is 34.4 Å². The summed E-state index contributed by atoms with van der Waals surface area (Å²) >= 11 is 6.04. The Bertz CT molecular complexity index is 777. The lowest BCUT2D eigenvalue weighted by atomic mass is 9.96. The van der Waals surface area contributed by atoms with E-state index >= 15 is 0 Å². The number of piperidine rings is 1. The Labute approximate surface area is 170 Å². The van der Waals surface area contributed by atoms with Crippen LogP contribution in [0.4, 0.5) is 4.79 Å². The minimum absolute atomic E-state index is 0.00387. The number of benzene rings is 1. The van der Waals surface area contributed by atoms with Gasteiger partial charge in [-0.05, 0) is 63.8 Å². The standard InChI is InChI=1S/C21H27ClN2O4/c1-21(2,3)28-20(26)23-12-14-6-8-24(9-7-14)19(25)16-10-15-11-17(22)4-5-18(15)27-13-16/h4-5,10-11,14H,6-9,12-13H2,1-3H3,(H,23,26). The van der Waals surface area contributed by atoms with E-state index < -0.39 is 11.7 Å². The zero-order valence-electron chi connectivity index (χ0n) is 16.6. The molecule has 1 aromatic rings. The first-order valence-corrected chi connectivity index (χ1v) is 9.98. The SMILES string of the molecule is CC(C)(C)OC(=O)NCC1CCN(C(=O)C2=Cc3cc(Cl)ccc3OC2)CC1. The van der Waals surface area contributed by atoms with Gasteiger partial charge in [-0.1, -0.05) is 11.6 Å². The van der Waals surface area contributed by atoms with Gasteiger partial charge in [-0.3, -0.25) is 4.79 Å². The Kier molecular flexibility index (Phi) is 6.18. The quantitative estimate of drug-likeness (QED) is 0.827. The van der Waals surface area contributed by atoms with Crippen LogP contribution in [0.1, 0.15) is 39.2 Å². The Hall–Kier alpha value is -2.21. The summed E-state index contributed by atoms with van der Waals surface area (Å²) in [5, 5.41) is 3.44. The van der Waals surface area contributed by atoms with Crippen molar-refractivity contribution in [2.45, 2.75) is 39.2 Å². The van der Waals surface area contributed by atoms with Crippen molar-refractivity contribution in [2.75, 3.05) is 26.2 Å². The molecule has 3 rings (SSSR count). The summed E-state index contributed by atoms with van der Waals surface area (Å²) in [5.74, 6) is 1.09. The monoisotopic (exact) mass is 406 g/mol. The van der Waals surface area contributed by atoms with Crippen LogP contribution in [-0.2, 0) is 9.53 Å². The third-order valence-electron chi connectivity index (χ3n) is 4.80.